The molecule has 2 atom stereocenters. The molecule has 2 aliphatic heterocycles. The van der Waals surface area contributed by atoms with Crippen LogP contribution in [0.15, 0.2) is 18.2 Å². The highest BCUT2D eigenvalue weighted by molar-refractivity contribution is 5.87. The van der Waals surface area contributed by atoms with Gasteiger partial charge in [0.25, 0.3) is 5.69 Å². The molecule has 2 unspecified atom stereocenters. The zero-order valence-corrected chi connectivity index (χ0v) is 11.3. The summed E-state index contributed by atoms with van der Waals surface area (Å²) >= 11 is 0. The number of nitrogens with zero attached hydrogens (tertiary/aromatic N) is 2. The summed E-state index contributed by atoms with van der Waals surface area (Å²) in [4.78, 5) is 16.7. The van der Waals surface area contributed by atoms with Crippen molar-refractivity contribution < 1.29 is 4.92 Å². The number of hydrogen-bond donors (Lipinski definition) is 1. The van der Waals surface area contributed by atoms with Gasteiger partial charge in [0, 0.05) is 47.7 Å². The van der Waals surface area contributed by atoms with Crippen LogP contribution in [0, 0.1) is 10.1 Å². The number of piperidine rings is 1. The van der Waals surface area contributed by atoms with Gasteiger partial charge in [-0.3, -0.25) is 10.1 Å². The highest BCUT2D eigenvalue weighted by atomic mass is 16.6. The molecule has 3 heterocycles. The number of non-ortho nitro benzene ring substituents is 1. The van der Waals surface area contributed by atoms with Crippen LogP contribution < -0.4 is 0 Å². The van der Waals surface area contributed by atoms with Crippen LogP contribution in [0.25, 0.3) is 10.9 Å². The van der Waals surface area contributed by atoms with Crippen LogP contribution in [0.4, 0.5) is 5.69 Å². The molecule has 2 bridgehead atoms. The second kappa shape index (κ2) is 4.31. The van der Waals surface area contributed by atoms with Gasteiger partial charge in [-0.25, -0.2) is 0 Å². The number of rotatable bonds is 1. The molecule has 2 aromatic rings. The van der Waals surface area contributed by atoms with Crippen molar-refractivity contribution >= 4 is 16.6 Å². The number of aromatic amines is 1. The zero-order valence-electron chi connectivity index (χ0n) is 11.3. The number of nitro benzene ring substituents is 1. The molecule has 5 heteroatoms. The number of aromatic nitrogens is 1. The minimum Gasteiger partial charge on any atom is -0.358 e. The Balaban J connectivity index is 1.89. The van der Waals surface area contributed by atoms with E-state index in [4.69, 9.17) is 0 Å². The predicted octanol–water partition coefficient (Wildman–Crippen LogP) is 2.81. The zero-order chi connectivity index (χ0) is 13.7. The molecule has 20 heavy (non-hydrogen) atoms. The van der Waals surface area contributed by atoms with E-state index in [1.807, 2.05) is 6.07 Å². The van der Waals surface area contributed by atoms with Gasteiger partial charge in [0.2, 0.25) is 0 Å². The summed E-state index contributed by atoms with van der Waals surface area (Å²) in [5.41, 5.74) is 3.85. The van der Waals surface area contributed by atoms with Gasteiger partial charge >= 0.3 is 0 Å². The molecule has 1 aromatic heterocycles. The summed E-state index contributed by atoms with van der Waals surface area (Å²) in [7, 11) is 0. The molecular formula is C15H17N3O2. The van der Waals surface area contributed by atoms with Gasteiger partial charge in [0.1, 0.15) is 0 Å². The van der Waals surface area contributed by atoms with Gasteiger partial charge in [-0.1, -0.05) is 0 Å². The van der Waals surface area contributed by atoms with Gasteiger partial charge < -0.3 is 9.88 Å². The monoisotopic (exact) mass is 271 g/mol. The topological polar surface area (TPSA) is 62.2 Å². The van der Waals surface area contributed by atoms with Gasteiger partial charge in [-0.05, 0) is 37.4 Å². The molecule has 1 N–H and O–H groups in total. The molecule has 0 spiro atoms. The molecule has 0 amide bonds. The lowest BCUT2D eigenvalue weighted by atomic mass is 9.93. The number of H-pyrrole nitrogens is 1. The Hall–Kier alpha value is -1.88. The normalized spacial score (nSPS) is 25.2. The second-order valence-corrected chi connectivity index (χ2v) is 5.89. The highest BCUT2D eigenvalue weighted by Crippen LogP contribution is 2.37. The van der Waals surface area contributed by atoms with Crippen molar-refractivity contribution in [2.24, 2.45) is 0 Å². The first-order chi connectivity index (χ1) is 9.72. The third kappa shape index (κ3) is 1.73. The lowest BCUT2D eigenvalue weighted by Crippen LogP contribution is -2.33. The number of benzene rings is 1. The van der Waals surface area contributed by atoms with Crippen LogP contribution in [0.3, 0.4) is 0 Å². The second-order valence-electron chi connectivity index (χ2n) is 5.89. The third-order valence-electron chi connectivity index (χ3n) is 4.73. The van der Waals surface area contributed by atoms with Crippen LogP contribution in [0.2, 0.25) is 0 Å². The van der Waals surface area contributed by atoms with E-state index >= 15 is 0 Å². The molecule has 4 rings (SSSR count). The summed E-state index contributed by atoms with van der Waals surface area (Å²) in [6.07, 6.45) is 3.46. The van der Waals surface area contributed by atoms with E-state index in [0.29, 0.717) is 5.92 Å². The average Bonchev–Trinajstić information content (AvgIpc) is 2.77. The first-order valence-corrected chi connectivity index (χ1v) is 7.23. The maximum absolute atomic E-state index is 11.0. The number of fused-ring (bicyclic) bond motifs is 6. The van der Waals surface area contributed by atoms with E-state index in [-0.39, 0.29) is 10.6 Å². The summed E-state index contributed by atoms with van der Waals surface area (Å²) in [5, 5.41) is 12.0. The minimum atomic E-state index is -0.308. The molecule has 0 aliphatic carbocycles. The maximum atomic E-state index is 11.0. The third-order valence-corrected chi connectivity index (χ3v) is 4.73. The lowest BCUT2D eigenvalue weighted by molar-refractivity contribution is -0.384. The van der Waals surface area contributed by atoms with Crippen molar-refractivity contribution in [2.45, 2.75) is 25.2 Å². The van der Waals surface area contributed by atoms with Crippen LogP contribution in [-0.4, -0.2) is 34.4 Å². The van der Waals surface area contributed by atoms with Gasteiger partial charge in [-0.15, -0.1) is 0 Å². The number of hydrogen-bond acceptors (Lipinski definition) is 3. The Bertz CT molecular complexity index is 692. The fourth-order valence-corrected chi connectivity index (χ4v) is 3.75. The van der Waals surface area contributed by atoms with Crippen molar-refractivity contribution in [1.29, 1.82) is 0 Å². The van der Waals surface area contributed by atoms with E-state index < -0.39 is 0 Å². The minimum absolute atomic E-state index is 0.187. The fourth-order valence-electron chi connectivity index (χ4n) is 3.75. The van der Waals surface area contributed by atoms with Crippen molar-refractivity contribution in [3.05, 3.63) is 39.6 Å². The molecule has 0 saturated carbocycles. The summed E-state index contributed by atoms with van der Waals surface area (Å²) in [6, 6.07) is 5.17. The van der Waals surface area contributed by atoms with Crippen LogP contribution in [-0.2, 0) is 6.42 Å². The Labute approximate surface area is 116 Å². The lowest BCUT2D eigenvalue weighted by Gasteiger charge is -2.29. The van der Waals surface area contributed by atoms with Crippen LogP contribution in [0.1, 0.15) is 30.0 Å². The van der Waals surface area contributed by atoms with Crippen molar-refractivity contribution in [1.82, 2.24) is 9.88 Å². The van der Waals surface area contributed by atoms with Crippen molar-refractivity contribution in [3.8, 4) is 0 Å². The van der Waals surface area contributed by atoms with Gasteiger partial charge in [-0.2, -0.15) is 0 Å². The molecule has 5 nitrogen and oxygen atoms in total. The Kier molecular flexibility index (Phi) is 2.57. The molecular weight excluding hydrogens is 254 g/mol. The SMILES string of the molecule is O=[N+]([O-])c1ccc2[nH]c3c(c2c1)CCN1CCCC3C1. The predicted molar refractivity (Wildman–Crippen MR) is 77.1 cm³/mol. The van der Waals surface area contributed by atoms with E-state index in [9.17, 15) is 10.1 Å². The van der Waals surface area contributed by atoms with E-state index in [2.05, 4.69) is 9.88 Å². The standard InChI is InChI=1S/C15H17N3O2/c19-18(20)11-3-4-14-13(8-11)12-5-7-17-6-1-2-10(9-17)15(12)16-14/h3-4,8,10,16H,1-2,5-7,9H2. The molecule has 0 radical (unpaired) electrons. The first kappa shape index (κ1) is 11.9. The molecule has 1 fully saturated rings. The van der Waals surface area contributed by atoms with E-state index in [1.54, 1.807) is 12.1 Å². The van der Waals surface area contributed by atoms with E-state index in [0.717, 1.165) is 30.4 Å². The molecule has 1 aromatic carbocycles. The van der Waals surface area contributed by atoms with Crippen LogP contribution >= 0.6 is 0 Å². The quantitative estimate of drug-likeness (QED) is 0.641. The first-order valence-electron chi connectivity index (χ1n) is 7.23. The smallest absolute Gasteiger partial charge is 0.270 e. The number of nitro groups is 1. The average molecular weight is 271 g/mol. The highest BCUT2D eigenvalue weighted by Gasteiger charge is 2.29. The Morgan fingerprint density at radius 3 is 3.10 bits per heavy atom. The van der Waals surface area contributed by atoms with Crippen molar-refractivity contribution in [2.75, 3.05) is 19.6 Å². The summed E-state index contributed by atoms with van der Waals surface area (Å²) in [5.74, 6) is 0.563. The molecule has 1 saturated heterocycles. The van der Waals surface area contributed by atoms with Crippen LogP contribution in [0.5, 0.6) is 0 Å². The fraction of sp³-hybridized carbons (Fsp3) is 0.467. The van der Waals surface area contributed by atoms with Gasteiger partial charge in [0.05, 0.1) is 4.92 Å². The Morgan fingerprint density at radius 1 is 1.35 bits per heavy atom. The summed E-state index contributed by atoms with van der Waals surface area (Å²) in [6.45, 7) is 3.39. The Morgan fingerprint density at radius 2 is 2.25 bits per heavy atom. The number of nitrogens with one attached hydrogen (secondary N) is 1. The largest absolute Gasteiger partial charge is 0.358 e. The summed E-state index contributed by atoms with van der Waals surface area (Å²) < 4.78 is 0. The molecule has 2 aliphatic rings. The van der Waals surface area contributed by atoms with E-state index in [1.165, 1.54) is 30.6 Å². The molecule has 104 valence electrons. The van der Waals surface area contributed by atoms with Gasteiger partial charge in [0.15, 0.2) is 0 Å². The van der Waals surface area contributed by atoms with Crippen molar-refractivity contribution in [3.63, 3.8) is 0 Å². The maximum Gasteiger partial charge on any atom is 0.270 e.